The topological polar surface area (TPSA) is 72.2 Å². The fraction of sp³-hybridized carbons (Fsp3) is 0.300. The van der Waals surface area contributed by atoms with E-state index in [4.69, 9.17) is 5.73 Å². The maximum atomic E-state index is 12.9. The first-order valence-corrected chi connectivity index (χ1v) is 8.21. The van der Waals surface area contributed by atoms with Crippen molar-refractivity contribution in [2.45, 2.75) is 33.1 Å². The summed E-state index contributed by atoms with van der Waals surface area (Å²) in [5.41, 5.74) is 8.12. The molecule has 3 N–H and O–H groups in total. The van der Waals surface area contributed by atoms with Crippen LogP contribution >= 0.6 is 0 Å². The Hall–Kier alpha value is -2.62. The van der Waals surface area contributed by atoms with Gasteiger partial charge in [-0.1, -0.05) is 56.7 Å². The van der Waals surface area contributed by atoms with E-state index >= 15 is 0 Å². The maximum Gasteiger partial charge on any atom is 0.249 e. The second-order valence-corrected chi connectivity index (χ2v) is 6.11. The molecule has 0 aliphatic heterocycles. The molecule has 2 aromatic carbocycles. The summed E-state index contributed by atoms with van der Waals surface area (Å²) in [5, 5.41) is 2.97. The number of hydrogen-bond acceptors (Lipinski definition) is 2. The highest BCUT2D eigenvalue weighted by molar-refractivity contribution is 6.00. The van der Waals surface area contributed by atoms with Gasteiger partial charge in [0.05, 0.1) is 5.92 Å². The predicted molar refractivity (Wildman–Crippen MR) is 97.0 cm³/mol. The van der Waals surface area contributed by atoms with Gasteiger partial charge >= 0.3 is 0 Å². The van der Waals surface area contributed by atoms with Crippen LogP contribution in [0.15, 0.2) is 48.5 Å². The molecular weight excluding hydrogens is 300 g/mol. The molecule has 4 nitrogen and oxygen atoms in total. The lowest BCUT2D eigenvalue weighted by molar-refractivity contribution is -0.118. The van der Waals surface area contributed by atoms with E-state index in [0.717, 1.165) is 12.0 Å². The summed E-state index contributed by atoms with van der Waals surface area (Å²) < 4.78 is 0. The molecule has 0 aliphatic rings. The second kappa shape index (κ2) is 7.77. The highest BCUT2D eigenvalue weighted by Crippen LogP contribution is 2.29. The van der Waals surface area contributed by atoms with Gasteiger partial charge in [0, 0.05) is 11.3 Å². The molecule has 0 fully saturated rings. The molecule has 126 valence electrons. The zero-order chi connectivity index (χ0) is 17.7. The molecule has 0 bridgehead atoms. The molecule has 2 aromatic rings. The summed E-state index contributed by atoms with van der Waals surface area (Å²) in [7, 11) is 0. The zero-order valence-corrected chi connectivity index (χ0v) is 14.4. The van der Waals surface area contributed by atoms with E-state index in [1.54, 1.807) is 25.1 Å². The number of hydrogen-bond donors (Lipinski definition) is 2. The minimum absolute atomic E-state index is 0.0692. The monoisotopic (exact) mass is 324 g/mol. The lowest BCUT2D eigenvalue weighted by atomic mass is 9.84. The van der Waals surface area contributed by atoms with Gasteiger partial charge in [-0.15, -0.1) is 0 Å². The Morgan fingerprint density at radius 2 is 1.75 bits per heavy atom. The molecule has 2 atom stereocenters. The van der Waals surface area contributed by atoms with Crippen LogP contribution in [-0.2, 0) is 4.79 Å². The second-order valence-electron chi connectivity index (χ2n) is 6.11. The summed E-state index contributed by atoms with van der Waals surface area (Å²) >= 11 is 0. The van der Waals surface area contributed by atoms with Crippen molar-refractivity contribution in [2.24, 2.45) is 11.7 Å². The van der Waals surface area contributed by atoms with E-state index < -0.39 is 5.91 Å². The molecule has 24 heavy (non-hydrogen) atoms. The smallest absolute Gasteiger partial charge is 0.249 e. The summed E-state index contributed by atoms with van der Waals surface area (Å²) in [5.74, 6) is -0.606. The average Bonchev–Trinajstić information content (AvgIpc) is 2.57. The number of rotatable bonds is 6. The number of nitrogens with one attached hydrogen (secondary N) is 1. The fourth-order valence-corrected chi connectivity index (χ4v) is 2.88. The zero-order valence-electron chi connectivity index (χ0n) is 14.4. The van der Waals surface area contributed by atoms with Crippen molar-refractivity contribution in [2.75, 3.05) is 5.32 Å². The Morgan fingerprint density at radius 3 is 2.33 bits per heavy atom. The van der Waals surface area contributed by atoms with Gasteiger partial charge in [0.25, 0.3) is 0 Å². The Morgan fingerprint density at radius 1 is 1.08 bits per heavy atom. The molecule has 0 saturated heterocycles. The van der Waals surface area contributed by atoms with Crippen LogP contribution in [0, 0.1) is 12.8 Å². The third-order valence-corrected chi connectivity index (χ3v) is 4.51. The summed E-state index contributed by atoms with van der Waals surface area (Å²) in [6.45, 7) is 5.94. The van der Waals surface area contributed by atoms with Crippen molar-refractivity contribution in [1.82, 2.24) is 0 Å². The van der Waals surface area contributed by atoms with Gasteiger partial charge in [-0.3, -0.25) is 9.59 Å². The number of benzene rings is 2. The highest BCUT2D eigenvalue weighted by Gasteiger charge is 2.26. The summed E-state index contributed by atoms with van der Waals surface area (Å²) in [6.07, 6.45) is 0.896. The first kappa shape index (κ1) is 17.7. The molecule has 0 aromatic heterocycles. The van der Waals surface area contributed by atoms with Crippen molar-refractivity contribution in [3.05, 3.63) is 65.2 Å². The quantitative estimate of drug-likeness (QED) is 0.847. The molecule has 2 unspecified atom stereocenters. The number of anilines is 1. The van der Waals surface area contributed by atoms with Gasteiger partial charge in [-0.25, -0.2) is 0 Å². The SMILES string of the molecule is CCC(C)C(C(=O)Nc1cccc(C(N)=O)c1C)c1ccccc1. The Balaban J connectivity index is 2.32. The van der Waals surface area contributed by atoms with Gasteiger partial charge < -0.3 is 11.1 Å². The van der Waals surface area contributed by atoms with Gasteiger partial charge in [0.1, 0.15) is 0 Å². The largest absolute Gasteiger partial charge is 0.366 e. The van der Waals surface area contributed by atoms with Gasteiger partial charge in [0.2, 0.25) is 11.8 Å². The Kier molecular flexibility index (Phi) is 5.74. The van der Waals surface area contributed by atoms with E-state index in [1.165, 1.54) is 0 Å². The normalized spacial score (nSPS) is 13.1. The number of carbonyl (C=O) groups is 2. The van der Waals surface area contributed by atoms with Crippen molar-refractivity contribution in [3.63, 3.8) is 0 Å². The molecule has 0 aliphatic carbocycles. The summed E-state index contributed by atoms with van der Waals surface area (Å²) in [4.78, 5) is 24.4. The molecule has 0 saturated carbocycles. The minimum atomic E-state index is -0.495. The first-order valence-electron chi connectivity index (χ1n) is 8.21. The van der Waals surface area contributed by atoms with E-state index in [9.17, 15) is 9.59 Å². The molecule has 2 rings (SSSR count). The van der Waals surface area contributed by atoms with Crippen LogP contribution in [0.2, 0.25) is 0 Å². The van der Waals surface area contributed by atoms with E-state index in [1.807, 2.05) is 30.3 Å². The third kappa shape index (κ3) is 3.82. The lowest BCUT2D eigenvalue weighted by Crippen LogP contribution is -2.27. The van der Waals surface area contributed by atoms with Gasteiger partial charge in [-0.05, 0) is 36.1 Å². The molecule has 0 radical (unpaired) electrons. The molecule has 0 heterocycles. The van der Waals surface area contributed by atoms with Crippen LogP contribution in [0.3, 0.4) is 0 Å². The fourth-order valence-electron chi connectivity index (χ4n) is 2.88. The van der Waals surface area contributed by atoms with Crippen LogP contribution in [0.25, 0.3) is 0 Å². The molecule has 4 heteroatoms. The standard InChI is InChI=1S/C20H24N2O2/c1-4-13(2)18(15-9-6-5-7-10-15)20(24)22-17-12-8-11-16(14(17)3)19(21)23/h5-13,18H,4H2,1-3H3,(H2,21,23)(H,22,24). The van der Waals surface area contributed by atoms with Crippen molar-refractivity contribution < 1.29 is 9.59 Å². The number of nitrogens with two attached hydrogens (primary N) is 1. The lowest BCUT2D eigenvalue weighted by Gasteiger charge is -2.23. The number of amides is 2. The van der Waals surface area contributed by atoms with Gasteiger partial charge in [-0.2, -0.15) is 0 Å². The van der Waals surface area contributed by atoms with Crippen LogP contribution < -0.4 is 11.1 Å². The first-order chi connectivity index (χ1) is 11.5. The third-order valence-electron chi connectivity index (χ3n) is 4.51. The van der Waals surface area contributed by atoms with Crippen molar-refractivity contribution in [3.8, 4) is 0 Å². The number of carbonyl (C=O) groups excluding carboxylic acids is 2. The van der Waals surface area contributed by atoms with E-state index in [0.29, 0.717) is 16.8 Å². The van der Waals surface area contributed by atoms with Crippen LogP contribution in [0.1, 0.15) is 47.7 Å². The average molecular weight is 324 g/mol. The van der Waals surface area contributed by atoms with E-state index in [2.05, 4.69) is 19.2 Å². The number of primary amides is 1. The summed E-state index contributed by atoms with van der Waals surface area (Å²) in [6, 6.07) is 15.0. The molecular formula is C20H24N2O2. The van der Waals surface area contributed by atoms with Crippen LogP contribution in [-0.4, -0.2) is 11.8 Å². The predicted octanol–water partition coefficient (Wildman–Crippen LogP) is 3.86. The molecule has 0 spiro atoms. The van der Waals surface area contributed by atoms with Crippen LogP contribution in [0.4, 0.5) is 5.69 Å². The Bertz CT molecular complexity index is 726. The van der Waals surface area contributed by atoms with E-state index in [-0.39, 0.29) is 17.7 Å². The van der Waals surface area contributed by atoms with Crippen LogP contribution in [0.5, 0.6) is 0 Å². The van der Waals surface area contributed by atoms with Crippen molar-refractivity contribution >= 4 is 17.5 Å². The highest BCUT2D eigenvalue weighted by atomic mass is 16.2. The minimum Gasteiger partial charge on any atom is -0.366 e. The Labute approximate surface area is 143 Å². The van der Waals surface area contributed by atoms with Gasteiger partial charge in [0.15, 0.2) is 0 Å². The van der Waals surface area contributed by atoms with Crippen molar-refractivity contribution in [1.29, 1.82) is 0 Å². The molecule has 2 amide bonds. The maximum absolute atomic E-state index is 12.9.